The van der Waals surface area contributed by atoms with Crippen LogP contribution in [0.15, 0.2) is 0 Å². The van der Waals surface area contributed by atoms with E-state index in [0.717, 1.165) is 13.0 Å². The Morgan fingerprint density at radius 2 is 2.33 bits per heavy atom. The summed E-state index contributed by atoms with van der Waals surface area (Å²) >= 11 is 3.93. The van der Waals surface area contributed by atoms with Crippen LogP contribution in [0.2, 0.25) is 0 Å². The van der Waals surface area contributed by atoms with E-state index in [0.29, 0.717) is 5.06 Å². The molecule has 3 heteroatoms. The largest absolute Gasteiger partial charge is 0.633 e. The van der Waals surface area contributed by atoms with Crippen molar-refractivity contribution in [2.75, 3.05) is 6.54 Å². The van der Waals surface area contributed by atoms with Gasteiger partial charge in [-0.3, -0.25) is 0 Å². The minimum absolute atomic E-state index is 0.0880. The first-order valence-electron chi connectivity index (χ1n) is 2.01. The normalized spacial score (nSPS) is 45.0. The third-order valence-corrected chi connectivity index (χ3v) is 1.58. The maximum absolute atomic E-state index is 10.2. The molecule has 2 unspecified atom stereocenters. The molecule has 1 heterocycles. The van der Waals surface area contributed by atoms with Gasteiger partial charge in [0.2, 0.25) is 0 Å². The van der Waals surface area contributed by atoms with E-state index in [1.165, 1.54) is 0 Å². The van der Waals surface area contributed by atoms with Crippen LogP contribution in [0.4, 0.5) is 0 Å². The van der Waals surface area contributed by atoms with Crippen molar-refractivity contribution in [1.29, 1.82) is 0 Å². The number of rotatable bonds is 0. The van der Waals surface area contributed by atoms with Gasteiger partial charge in [0.15, 0.2) is 0 Å². The molecule has 1 rings (SSSR count). The number of hydroxylamine groups is 2. The van der Waals surface area contributed by atoms with Crippen LogP contribution in [-0.4, -0.2) is 11.9 Å². The van der Waals surface area contributed by atoms with Crippen molar-refractivity contribution in [3.8, 4) is 0 Å². The minimum Gasteiger partial charge on any atom is -0.633 e. The molecule has 0 aromatic carbocycles. The summed E-state index contributed by atoms with van der Waals surface area (Å²) in [5.74, 6) is 0. The average molecular weight is 105 g/mol. The van der Waals surface area contributed by atoms with E-state index in [9.17, 15) is 5.21 Å². The zero-order chi connectivity index (χ0) is 4.57. The highest BCUT2D eigenvalue weighted by molar-refractivity contribution is 7.80. The maximum atomic E-state index is 10.2. The monoisotopic (exact) mass is 105 g/mol. The molecule has 1 saturated heterocycles. The SMILES string of the molecule is [O-][NH+]1CCC1S. The van der Waals surface area contributed by atoms with E-state index >= 15 is 0 Å². The molecule has 0 radical (unpaired) electrons. The Hall–Kier alpha value is 0.270. The molecule has 1 N–H and O–H groups in total. The van der Waals surface area contributed by atoms with Crippen molar-refractivity contribution in [2.45, 2.75) is 11.8 Å². The van der Waals surface area contributed by atoms with E-state index in [1.54, 1.807) is 0 Å². The second-order valence-electron chi connectivity index (χ2n) is 1.52. The molecule has 0 aromatic heterocycles. The predicted octanol–water partition coefficient (Wildman–Crippen LogP) is -0.971. The molecule has 0 saturated carbocycles. The lowest BCUT2D eigenvalue weighted by Crippen LogP contribution is -3.16. The topological polar surface area (TPSA) is 27.5 Å². The molecule has 0 spiro atoms. The van der Waals surface area contributed by atoms with Crippen LogP contribution in [0.5, 0.6) is 0 Å². The van der Waals surface area contributed by atoms with Gasteiger partial charge in [0.05, 0.1) is 13.0 Å². The van der Waals surface area contributed by atoms with Gasteiger partial charge in [0.25, 0.3) is 0 Å². The van der Waals surface area contributed by atoms with Gasteiger partial charge in [-0.15, -0.1) is 12.6 Å². The van der Waals surface area contributed by atoms with E-state index in [4.69, 9.17) is 0 Å². The average Bonchev–Trinajstić information content (AvgIpc) is 1.61. The van der Waals surface area contributed by atoms with E-state index in [-0.39, 0.29) is 5.37 Å². The summed E-state index contributed by atoms with van der Waals surface area (Å²) in [5.41, 5.74) is 0. The summed E-state index contributed by atoms with van der Waals surface area (Å²) in [7, 11) is 0. The van der Waals surface area contributed by atoms with Crippen molar-refractivity contribution in [2.24, 2.45) is 0 Å². The maximum Gasteiger partial charge on any atom is 0.136 e. The van der Waals surface area contributed by atoms with Crippen molar-refractivity contribution in [3.05, 3.63) is 5.21 Å². The zero-order valence-electron chi connectivity index (χ0n) is 3.35. The molecule has 6 heavy (non-hydrogen) atoms. The smallest absolute Gasteiger partial charge is 0.136 e. The standard InChI is InChI=1S/C3H7NOS/c5-4-2-1-3(4)6/h3-4,6H,1-2H2. The van der Waals surface area contributed by atoms with Gasteiger partial charge >= 0.3 is 0 Å². The first-order valence-corrected chi connectivity index (χ1v) is 2.53. The number of hydrogen-bond acceptors (Lipinski definition) is 2. The van der Waals surface area contributed by atoms with Gasteiger partial charge in [0.1, 0.15) is 5.37 Å². The summed E-state index contributed by atoms with van der Waals surface area (Å²) in [6.45, 7) is 0.758. The Kier molecular flexibility index (Phi) is 1.04. The lowest BCUT2D eigenvalue weighted by Gasteiger charge is -2.36. The Morgan fingerprint density at radius 1 is 1.83 bits per heavy atom. The molecule has 1 fully saturated rings. The van der Waals surface area contributed by atoms with Gasteiger partial charge in [-0.25, -0.2) is 0 Å². The first kappa shape index (κ1) is 4.43. The van der Waals surface area contributed by atoms with Crippen LogP contribution in [0, 0.1) is 5.21 Å². The van der Waals surface area contributed by atoms with Crippen molar-refractivity contribution in [3.63, 3.8) is 0 Å². The summed E-state index contributed by atoms with van der Waals surface area (Å²) in [6.07, 6.45) is 0.988. The van der Waals surface area contributed by atoms with Crippen LogP contribution < -0.4 is 5.06 Å². The summed E-state index contributed by atoms with van der Waals surface area (Å²) in [6, 6.07) is 0. The molecule has 2 nitrogen and oxygen atoms in total. The number of quaternary nitrogens is 1. The molecular formula is C3H7NOS. The third-order valence-electron chi connectivity index (χ3n) is 1.04. The number of nitrogens with one attached hydrogen (secondary N) is 1. The minimum atomic E-state index is 0.0880. The molecule has 0 amide bonds. The number of thiol groups is 1. The van der Waals surface area contributed by atoms with Gasteiger partial charge in [0, 0.05) is 0 Å². The fourth-order valence-corrected chi connectivity index (χ4v) is 0.649. The summed E-state index contributed by atoms with van der Waals surface area (Å²) in [5, 5.41) is 10.5. The van der Waals surface area contributed by atoms with Crippen LogP contribution in [0.1, 0.15) is 6.42 Å². The highest BCUT2D eigenvalue weighted by Gasteiger charge is 2.20. The zero-order valence-corrected chi connectivity index (χ0v) is 4.24. The Bertz CT molecular complexity index is 50.8. The molecule has 1 aliphatic rings. The fourth-order valence-electron chi connectivity index (χ4n) is 0.391. The lowest BCUT2D eigenvalue weighted by atomic mass is 10.3. The van der Waals surface area contributed by atoms with Crippen LogP contribution >= 0.6 is 12.6 Å². The summed E-state index contributed by atoms with van der Waals surface area (Å²) < 4.78 is 0. The Morgan fingerprint density at radius 3 is 2.33 bits per heavy atom. The third kappa shape index (κ3) is 0.531. The fraction of sp³-hybridized carbons (Fsp3) is 1.00. The second-order valence-corrected chi connectivity index (χ2v) is 2.14. The molecule has 36 valence electrons. The molecule has 2 atom stereocenters. The predicted molar refractivity (Wildman–Crippen MR) is 26.6 cm³/mol. The molecular weight excluding hydrogens is 98.1 g/mol. The second kappa shape index (κ2) is 1.40. The first-order chi connectivity index (χ1) is 2.80. The molecule has 0 aliphatic carbocycles. The summed E-state index contributed by atoms with van der Waals surface area (Å²) in [4.78, 5) is 0. The van der Waals surface area contributed by atoms with Crippen molar-refractivity contribution >= 4 is 12.6 Å². The Labute approximate surface area is 42.1 Å². The van der Waals surface area contributed by atoms with Crippen molar-refractivity contribution < 1.29 is 5.06 Å². The molecule has 0 bridgehead atoms. The highest BCUT2D eigenvalue weighted by atomic mass is 32.1. The van der Waals surface area contributed by atoms with Crippen LogP contribution in [-0.2, 0) is 0 Å². The van der Waals surface area contributed by atoms with Gasteiger partial charge in [-0.1, -0.05) is 0 Å². The molecule has 1 aliphatic heterocycles. The van der Waals surface area contributed by atoms with E-state index in [2.05, 4.69) is 12.6 Å². The lowest BCUT2D eigenvalue weighted by molar-refractivity contribution is -0.901. The quantitative estimate of drug-likeness (QED) is 0.301. The van der Waals surface area contributed by atoms with Gasteiger partial charge in [-0.05, 0) is 0 Å². The van der Waals surface area contributed by atoms with Crippen molar-refractivity contribution in [1.82, 2.24) is 0 Å². The van der Waals surface area contributed by atoms with E-state index < -0.39 is 0 Å². The van der Waals surface area contributed by atoms with Gasteiger partial charge < -0.3 is 10.3 Å². The Balaban J connectivity index is 2.20. The van der Waals surface area contributed by atoms with Crippen LogP contribution in [0.25, 0.3) is 0 Å². The van der Waals surface area contributed by atoms with Gasteiger partial charge in [-0.2, -0.15) is 0 Å². The van der Waals surface area contributed by atoms with Crippen LogP contribution in [0.3, 0.4) is 0 Å². The number of hydrogen-bond donors (Lipinski definition) is 2. The van der Waals surface area contributed by atoms with E-state index in [1.807, 2.05) is 0 Å². The highest BCUT2D eigenvalue weighted by Crippen LogP contribution is 1.96. The molecule has 0 aromatic rings.